The average molecular weight is 275 g/mol. The number of hydrogen-bond donors (Lipinski definition) is 1. The topological polar surface area (TPSA) is 60.0 Å². The van der Waals surface area contributed by atoms with E-state index in [1.807, 2.05) is 19.2 Å². The second kappa shape index (κ2) is 5.79. The minimum atomic E-state index is 0.296. The summed E-state index contributed by atoms with van der Waals surface area (Å²) >= 11 is 0. The molecule has 110 valence electrons. The van der Waals surface area contributed by atoms with Crippen LogP contribution in [-0.4, -0.2) is 40.1 Å². The van der Waals surface area contributed by atoms with Gasteiger partial charge in [0.25, 0.3) is 0 Å². The van der Waals surface area contributed by atoms with Gasteiger partial charge in [0.1, 0.15) is 5.52 Å². The molecule has 20 heavy (non-hydrogen) atoms. The summed E-state index contributed by atoms with van der Waals surface area (Å²) in [4.78, 5) is 11.2. The number of imidazole rings is 1. The summed E-state index contributed by atoms with van der Waals surface area (Å²) in [6.07, 6.45) is 2.94. The Bertz CT molecular complexity index is 575. The van der Waals surface area contributed by atoms with Crippen LogP contribution in [0.4, 0.5) is 5.95 Å². The van der Waals surface area contributed by atoms with Crippen LogP contribution in [0.3, 0.4) is 0 Å². The summed E-state index contributed by atoms with van der Waals surface area (Å²) in [5, 5.41) is 0. The van der Waals surface area contributed by atoms with Crippen molar-refractivity contribution in [3.05, 3.63) is 17.8 Å². The summed E-state index contributed by atoms with van der Waals surface area (Å²) in [6, 6.07) is 2.34. The number of rotatable bonds is 5. The number of aryl methyl sites for hydroxylation is 1. The van der Waals surface area contributed by atoms with Crippen LogP contribution in [0.2, 0.25) is 0 Å². The van der Waals surface area contributed by atoms with Crippen molar-refractivity contribution in [3.63, 3.8) is 0 Å². The molecule has 0 aliphatic heterocycles. The minimum absolute atomic E-state index is 0.296. The summed E-state index contributed by atoms with van der Waals surface area (Å²) in [5.41, 5.74) is 9.03. The molecule has 0 aliphatic rings. The monoisotopic (exact) mass is 275 g/mol. The van der Waals surface area contributed by atoms with Gasteiger partial charge in [-0.05, 0) is 45.0 Å². The molecular formula is C15H25N5. The molecule has 0 saturated carbocycles. The highest BCUT2D eigenvalue weighted by atomic mass is 15.2. The first-order chi connectivity index (χ1) is 9.38. The average Bonchev–Trinajstić information content (AvgIpc) is 2.61. The van der Waals surface area contributed by atoms with E-state index in [4.69, 9.17) is 5.73 Å². The maximum atomic E-state index is 6.15. The van der Waals surface area contributed by atoms with Gasteiger partial charge in [0.05, 0.1) is 6.04 Å². The molecule has 2 aromatic heterocycles. The molecule has 0 radical (unpaired) electrons. The largest absolute Gasteiger partial charge is 0.369 e. The Kier molecular flexibility index (Phi) is 4.28. The van der Waals surface area contributed by atoms with Crippen LogP contribution in [0.5, 0.6) is 0 Å². The molecule has 0 fully saturated rings. The molecule has 0 aliphatic carbocycles. The molecule has 0 aromatic carbocycles. The number of likely N-dealkylation sites (N-methyl/N-ethyl adjacent to an activating group) is 1. The van der Waals surface area contributed by atoms with Crippen LogP contribution in [-0.2, 0) is 0 Å². The van der Waals surface area contributed by atoms with Gasteiger partial charge in [-0.15, -0.1) is 0 Å². The number of hydrogen-bond acceptors (Lipinski definition) is 4. The predicted molar refractivity (Wildman–Crippen MR) is 83.7 cm³/mol. The Morgan fingerprint density at radius 3 is 2.65 bits per heavy atom. The molecule has 1 atom stereocenters. The van der Waals surface area contributed by atoms with E-state index in [0.717, 1.165) is 29.7 Å². The third-order valence-corrected chi connectivity index (χ3v) is 3.38. The highest BCUT2D eigenvalue weighted by Crippen LogP contribution is 2.26. The van der Waals surface area contributed by atoms with Crippen LogP contribution < -0.4 is 5.73 Å². The lowest BCUT2D eigenvalue weighted by Crippen LogP contribution is -2.26. The zero-order valence-corrected chi connectivity index (χ0v) is 13.1. The van der Waals surface area contributed by atoms with E-state index in [0.29, 0.717) is 17.9 Å². The highest BCUT2D eigenvalue weighted by Gasteiger charge is 2.20. The maximum absolute atomic E-state index is 6.15. The normalized spacial score (nSPS) is 13.6. The van der Waals surface area contributed by atoms with E-state index in [-0.39, 0.29) is 0 Å². The van der Waals surface area contributed by atoms with E-state index >= 15 is 0 Å². The van der Waals surface area contributed by atoms with E-state index < -0.39 is 0 Å². The maximum Gasteiger partial charge on any atom is 0.202 e. The lowest BCUT2D eigenvalue weighted by molar-refractivity contribution is 0.294. The molecular weight excluding hydrogens is 250 g/mol. The zero-order valence-electron chi connectivity index (χ0n) is 13.1. The Morgan fingerprint density at radius 2 is 2.05 bits per heavy atom. The van der Waals surface area contributed by atoms with E-state index in [1.54, 1.807) is 0 Å². The van der Waals surface area contributed by atoms with Gasteiger partial charge in [-0.2, -0.15) is 0 Å². The van der Waals surface area contributed by atoms with Crippen LogP contribution in [0.1, 0.15) is 31.9 Å². The summed E-state index contributed by atoms with van der Waals surface area (Å²) in [5.74, 6) is 1.16. The van der Waals surface area contributed by atoms with Gasteiger partial charge in [0.15, 0.2) is 5.65 Å². The van der Waals surface area contributed by atoms with Crippen molar-refractivity contribution >= 4 is 17.1 Å². The number of pyridine rings is 1. The van der Waals surface area contributed by atoms with Crippen molar-refractivity contribution in [2.45, 2.75) is 33.2 Å². The van der Waals surface area contributed by atoms with Gasteiger partial charge in [-0.25, -0.2) is 9.97 Å². The highest BCUT2D eigenvalue weighted by molar-refractivity contribution is 5.74. The van der Waals surface area contributed by atoms with Gasteiger partial charge >= 0.3 is 0 Å². The van der Waals surface area contributed by atoms with Crippen molar-refractivity contribution < 1.29 is 0 Å². The minimum Gasteiger partial charge on any atom is -0.369 e. The Balaban J connectivity index is 2.48. The molecule has 1 unspecified atom stereocenters. The van der Waals surface area contributed by atoms with E-state index in [1.165, 1.54) is 0 Å². The lowest BCUT2D eigenvalue weighted by Gasteiger charge is -2.25. The van der Waals surface area contributed by atoms with Crippen molar-refractivity contribution in [1.29, 1.82) is 0 Å². The quantitative estimate of drug-likeness (QED) is 0.910. The van der Waals surface area contributed by atoms with Gasteiger partial charge in [0, 0.05) is 12.7 Å². The number of anilines is 1. The Labute approximate surface area is 120 Å². The third kappa shape index (κ3) is 3.10. The SMILES string of the molecule is Cc1cnc2c(c1)nc(N)n2C(CC(C)C)CN(C)C. The van der Waals surface area contributed by atoms with Gasteiger partial charge in [-0.1, -0.05) is 13.8 Å². The standard InChI is InChI=1S/C15H25N5/c1-10(2)6-12(9-19(4)5)20-14-13(18-15(20)16)7-11(3)8-17-14/h7-8,10,12H,6,9H2,1-5H3,(H2,16,18). The third-order valence-electron chi connectivity index (χ3n) is 3.38. The summed E-state index contributed by atoms with van der Waals surface area (Å²) < 4.78 is 2.09. The first kappa shape index (κ1) is 14.8. The van der Waals surface area contributed by atoms with E-state index in [2.05, 4.69) is 47.4 Å². The number of nitrogens with zero attached hydrogens (tertiary/aromatic N) is 4. The molecule has 2 rings (SSSR count). The molecule has 0 spiro atoms. The summed E-state index contributed by atoms with van der Waals surface area (Å²) in [7, 11) is 4.17. The van der Waals surface area contributed by atoms with Gasteiger partial charge in [-0.3, -0.25) is 4.57 Å². The summed E-state index contributed by atoms with van der Waals surface area (Å²) in [6.45, 7) is 7.42. The second-order valence-electron chi connectivity index (χ2n) is 6.24. The molecule has 2 aromatic rings. The number of nitrogen functional groups attached to an aromatic ring is 1. The molecule has 5 nitrogen and oxygen atoms in total. The van der Waals surface area contributed by atoms with Crippen molar-refractivity contribution in [1.82, 2.24) is 19.4 Å². The Morgan fingerprint density at radius 1 is 1.35 bits per heavy atom. The van der Waals surface area contributed by atoms with Crippen LogP contribution in [0, 0.1) is 12.8 Å². The predicted octanol–water partition coefficient (Wildman–Crippen LogP) is 2.47. The molecule has 2 N–H and O–H groups in total. The number of nitrogens with two attached hydrogens (primary N) is 1. The van der Waals surface area contributed by atoms with Gasteiger partial charge in [0.2, 0.25) is 5.95 Å². The van der Waals surface area contributed by atoms with Crippen LogP contribution >= 0.6 is 0 Å². The van der Waals surface area contributed by atoms with Crippen molar-refractivity contribution in [2.75, 3.05) is 26.4 Å². The van der Waals surface area contributed by atoms with Gasteiger partial charge < -0.3 is 10.6 Å². The van der Waals surface area contributed by atoms with Crippen molar-refractivity contribution in [3.8, 4) is 0 Å². The van der Waals surface area contributed by atoms with Crippen molar-refractivity contribution in [2.24, 2.45) is 5.92 Å². The Hall–Kier alpha value is -1.62. The molecule has 0 saturated heterocycles. The molecule has 0 bridgehead atoms. The van der Waals surface area contributed by atoms with Crippen LogP contribution in [0.25, 0.3) is 11.2 Å². The smallest absolute Gasteiger partial charge is 0.202 e. The first-order valence-electron chi connectivity index (χ1n) is 7.13. The number of fused-ring (bicyclic) bond motifs is 1. The number of aromatic nitrogens is 3. The lowest BCUT2D eigenvalue weighted by atomic mass is 10.0. The van der Waals surface area contributed by atoms with Crippen LogP contribution in [0.15, 0.2) is 12.3 Å². The first-order valence-corrected chi connectivity index (χ1v) is 7.13. The van der Waals surface area contributed by atoms with E-state index in [9.17, 15) is 0 Å². The fraction of sp³-hybridized carbons (Fsp3) is 0.600. The molecule has 5 heteroatoms. The fourth-order valence-electron chi connectivity index (χ4n) is 2.69. The molecule has 2 heterocycles. The molecule has 0 amide bonds. The zero-order chi connectivity index (χ0) is 14.9. The second-order valence-corrected chi connectivity index (χ2v) is 6.24. The fourth-order valence-corrected chi connectivity index (χ4v) is 2.69.